The summed E-state index contributed by atoms with van der Waals surface area (Å²) in [4.78, 5) is 15.0. The van der Waals surface area contributed by atoms with Crippen molar-refractivity contribution in [3.8, 4) is 0 Å². The van der Waals surface area contributed by atoms with Crippen LogP contribution in [0.3, 0.4) is 0 Å². The smallest absolute Gasteiger partial charge is 0.318 e. The minimum absolute atomic E-state index is 0.00763. The number of rotatable bonds is 1. The normalized spacial score (nSPS) is 28.8. The molecule has 5 nitrogen and oxygen atoms in total. The average Bonchev–Trinajstić information content (AvgIpc) is 2.72. The molecule has 2 aliphatic carbocycles. The molecular weight excluding hydrogens is 288 g/mol. The van der Waals surface area contributed by atoms with E-state index in [1.807, 2.05) is 12.1 Å². The van der Waals surface area contributed by atoms with E-state index < -0.39 is 0 Å². The maximum atomic E-state index is 12.9. The lowest BCUT2D eigenvalue weighted by molar-refractivity contribution is 0.0482. The molecular formula is C18H26N4O. The lowest BCUT2D eigenvalue weighted by atomic mass is 9.73. The average molecular weight is 314 g/mol. The first-order valence-electron chi connectivity index (χ1n) is 8.82. The summed E-state index contributed by atoms with van der Waals surface area (Å²) in [6, 6.07) is 8.24. The van der Waals surface area contributed by atoms with Crippen LogP contribution in [0.1, 0.15) is 42.9 Å². The van der Waals surface area contributed by atoms with Gasteiger partial charge in [-0.15, -0.1) is 0 Å². The molecule has 1 saturated carbocycles. The van der Waals surface area contributed by atoms with Crippen LogP contribution in [0.2, 0.25) is 0 Å². The van der Waals surface area contributed by atoms with Gasteiger partial charge in [-0.3, -0.25) is 0 Å². The van der Waals surface area contributed by atoms with Crippen LogP contribution in [-0.2, 0) is 6.42 Å². The molecule has 1 aromatic rings. The molecule has 23 heavy (non-hydrogen) atoms. The number of amides is 2. The molecule has 2 amide bonds. The maximum absolute atomic E-state index is 12.9. The first-order chi connectivity index (χ1) is 11.2. The predicted molar refractivity (Wildman–Crippen MR) is 90.2 cm³/mol. The standard InChI is InChI=1S/C18H26N4O/c19-16-14-5-2-1-4-13(14)12-15(16)21-17(23)22-11-10-20-9-8-18(22)6-3-7-18/h1-2,4-5,15-16,20H,3,6-12,19H2,(H,21,23)/t15-,16-/m1/s1. The highest BCUT2D eigenvalue weighted by Crippen LogP contribution is 2.41. The third-order valence-electron chi connectivity index (χ3n) is 5.98. The molecule has 3 aliphatic rings. The molecule has 4 rings (SSSR count). The number of hydrogen-bond acceptors (Lipinski definition) is 3. The fourth-order valence-electron chi connectivity index (χ4n) is 4.43. The second-order valence-corrected chi connectivity index (χ2v) is 7.21. The van der Waals surface area contributed by atoms with Gasteiger partial charge in [-0.1, -0.05) is 24.3 Å². The van der Waals surface area contributed by atoms with Crippen molar-refractivity contribution in [2.24, 2.45) is 5.73 Å². The Morgan fingerprint density at radius 2 is 2.09 bits per heavy atom. The van der Waals surface area contributed by atoms with Gasteiger partial charge in [-0.2, -0.15) is 0 Å². The first kappa shape index (κ1) is 15.0. The molecule has 0 aromatic heterocycles. The molecule has 1 spiro atoms. The Balaban J connectivity index is 1.48. The van der Waals surface area contributed by atoms with Crippen LogP contribution in [0, 0.1) is 0 Å². The Labute approximate surface area is 137 Å². The Morgan fingerprint density at radius 1 is 1.26 bits per heavy atom. The van der Waals surface area contributed by atoms with Crippen LogP contribution in [0.4, 0.5) is 4.79 Å². The zero-order valence-electron chi connectivity index (χ0n) is 13.6. The number of nitrogens with one attached hydrogen (secondary N) is 2. The van der Waals surface area contributed by atoms with Crippen LogP contribution in [-0.4, -0.2) is 42.1 Å². The molecule has 1 saturated heterocycles. The van der Waals surface area contributed by atoms with Crippen molar-refractivity contribution >= 4 is 6.03 Å². The summed E-state index contributed by atoms with van der Waals surface area (Å²) in [7, 11) is 0. The van der Waals surface area contributed by atoms with Crippen molar-refractivity contribution in [2.75, 3.05) is 19.6 Å². The van der Waals surface area contributed by atoms with Crippen molar-refractivity contribution in [2.45, 2.75) is 49.7 Å². The van der Waals surface area contributed by atoms with E-state index in [1.165, 1.54) is 17.5 Å². The molecule has 2 atom stereocenters. The molecule has 0 bridgehead atoms. The molecule has 0 unspecified atom stereocenters. The lowest BCUT2D eigenvalue weighted by Gasteiger charge is -2.49. The Bertz CT molecular complexity index is 598. The molecule has 0 radical (unpaired) electrons. The summed E-state index contributed by atoms with van der Waals surface area (Å²) < 4.78 is 0. The number of urea groups is 1. The highest BCUT2D eigenvalue weighted by atomic mass is 16.2. The topological polar surface area (TPSA) is 70.4 Å². The number of nitrogens with zero attached hydrogens (tertiary/aromatic N) is 1. The van der Waals surface area contributed by atoms with Crippen LogP contribution < -0.4 is 16.4 Å². The van der Waals surface area contributed by atoms with Crippen molar-refractivity contribution in [1.29, 1.82) is 0 Å². The maximum Gasteiger partial charge on any atom is 0.318 e. The van der Waals surface area contributed by atoms with Gasteiger partial charge in [0.2, 0.25) is 0 Å². The van der Waals surface area contributed by atoms with Crippen molar-refractivity contribution in [3.05, 3.63) is 35.4 Å². The van der Waals surface area contributed by atoms with E-state index in [0.29, 0.717) is 0 Å². The van der Waals surface area contributed by atoms with E-state index in [0.717, 1.165) is 45.3 Å². The van der Waals surface area contributed by atoms with E-state index in [2.05, 4.69) is 27.7 Å². The van der Waals surface area contributed by atoms with Gasteiger partial charge in [-0.05, 0) is 49.8 Å². The van der Waals surface area contributed by atoms with Gasteiger partial charge in [0.15, 0.2) is 0 Å². The van der Waals surface area contributed by atoms with Crippen LogP contribution in [0.25, 0.3) is 0 Å². The summed E-state index contributed by atoms with van der Waals surface area (Å²) >= 11 is 0. The third-order valence-corrected chi connectivity index (χ3v) is 5.98. The Kier molecular flexibility index (Phi) is 3.77. The number of carbonyl (C=O) groups excluding carboxylic acids is 1. The Morgan fingerprint density at radius 3 is 2.83 bits per heavy atom. The quantitative estimate of drug-likeness (QED) is 0.736. The van der Waals surface area contributed by atoms with Gasteiger partial charge in [0.25, 0.3) is 0 Å². The number of fused-ring (bicyclic) bond motifs is 1. The molecule has 124 valence electrons. The highest BCUT2D eigenvalue weighted by Gasteiger charge is 2.45. The molecule has 5 heteroatoms. The minimum atomic E-state index is -0.0995. The summed E-state index contributed by atoms with van der Waals surface area (Å²) in [5.41, 5.74) is 8.89. The SMILES string of the molecule is N[C@@H]1c2ccccc2C[C@H]1NC(=O)N1CCNCCC12CCC2. The Hall–Kier alpha value is -1.59. The number of carbonyl (C=O) groups is 1. The zero-order chi connectivity index (χ0) is 15.9. The van der Waals surface area contributed by atoms with Crippen molar-refractivity contribution in [3.63, 3.8) is 0 Å². The van der Waals surface area contributed by atoms with Crippen LogP contribution in [0.5, 0.6) is 0 Å². The molecule has 4 N–H and O–H groups in total. The first-order valence-corrected chi connectivity index (χ1v) is 8.82. The predicted octanol–water partition coefficient (Wildman–Crippen LogP) is 1.54. The fourth-order valence-corrected chi connectivity index (χ4v) is 4.43. The number of benzene rings is 1. The van der Waals surface area contributed by atoms with E-state index >= 15 is 0 Å². The second-order valence-electron chi connectivity index (χ2n) is 7.21. The van der Waals surface area contributed by atoms with Gasteiger partial charge in [-0.25, -0.2) is 4.79 Å². The minimum Gasteiger partial charge on any atom is -0.333 e. The summed E-state index contributed by atoms with van der Waals surface area (Å²) in [6.45, 7) is 2.69. The van der Waals surface area contributed by atoms with Gasteiger partial charge in [0, 0.05) is 18.6 Å². The summed E-state index contributed by atoms with van der Waals surface area (Å²) in [5.74, 6) is 0. The monoisotopic (exact) mass is 314 g/mol. The zero-order valence-corrected chi connectivity index (χ0v) is 13.6. The van der Waals surface area contributed by atoms with E-state index in [1.54, 1.807) is 0 Å². The largest absolute Gasteiger partial charge is 0.333 e. The van der Waals surface area contributed by atoms with Gasteiger partial charge < -0.3 is 21.3 Å². The second kappa shape index (κ2) is 5.80. The summed E-state index contributed by atoms with van der Waals surface area (Å²) in [5, 5.41) is 6.66. The van der Waals surface area contributed by atoms with Gasteiger partial charge >= 0.3 is 6.03 Å². The lowest BCUT2D eigenvalue weighted by Crippen LogP contribution is -2.60. The van der Waals surface area contributed by atoms with Crippen molar-refractivity contribution < 1.29 is 4.79 Å². The van der Waals surface area contributed by atoms with E-state index in [-0.39, 0.29) is 23.7 Å². The van der Waals surface area contributed by atoms with Gasteiger partial charge in [0.05, 0.1) is 12.1 Å². The molecule has 2 fully saturated rings. The van der Waals surface area contributed by atoms with E-state index in [4.69, 9.17) is 5.73 Å². The van der Waals surface area contributed by atoms with E-state index in [9.17, 15) is 4.79 Å². The van der Waals surface area contributed by atoms with Crippen molar-refractivity contribution in [1.82, 2.24) is 15.5 Å². The molecule has 1 aromatic carbocycles. The van der Waals surface area contributed by atoms with Crippen LogP contribution >= 0.6 is 0 Å². The molecule has 1 heterocycles. The highest BCUT2D eigenvalue weighted by molar-refractivity contribution is 5.76. The van der Waals surface area contributed by atoms with Crippen LogP contribution in [0.15, 0.2) is 24.3 Å². The third kappa shape index (κ3) is 2.52. The summed E-state index contributed by atoms with van der Waals surface area (Å²) in [6.07, 6.45) is 5.41. The fraction of sp³-hybridized carbons (Fsp3) is 0.611. The number of hydrogen-bond donors (Lipinski definition) is 3. The number of nitrogens with two attached hydrogens (primary N) is 1. The molecule has 1 aliphatic heterocycles. The van der Waals surface area contributed by atoms with Gasteiger partial charge in [0.1, 0.15) is 0 Å².